The molecule has 1 heterocycles. The maximum atomic E-state index is 11.5. The normalized spacial score (nSPS) is 22.5. The van der Waals surface area contributed by atoms with Crippen molar-refractivity contribution in [2.24, 2.45) is 0 Å². The van der Waals surface area contributed by atoms with E-state index < -0.39 is 0 Å². The van der Waals surface area contributed by atoms with E-state index in [9.17, 15) is 5.11 Å². The van der Waals surface area contributed by atoms with Crippen molar-refractivity contribution in [1.29, 1.82) is 0 Å². The minimum absolute atomic E-state index is 0.130. The Hall–Kier alpha value is -2.62. The van der Waals surface area contributed by atoms with Gasteiger partial charge in [0.1, 0.15) is 5.75 Å². The Balaban J connectivity index is 1.64. The molecule has 0 bridgehead atoms. The number of phenolic OH excluding ortho intramolecular Hbond substituents is 1. The Morgan fingerprint density at radius 1 is 0.733 bits per heavy atom. The summed E-state index contributed by atoms with van der Waals surface area (Å²) in [5.74, 6) is 1.01. The molecule has 1 aliphatic carbocycles. The van der Waals surface area contributed by atoms with E-state index in [1.165, 1.54) is 22.3 Å². The van der Waals surface area contributed by atoms with Crippen LogP contribution in [0.25, 0.3) is 11.1 Å². The minimum atomic E-state index is 0.130. The Kier molecular flexibility index (Phi) is 4.88. The van der Waals surface area contributed by atoms with Gasteiger partial charge in [-0.1, -0.05) is 73.7 Å². The number of nitrogens with zero attached hydrogens (tertiary/aromatic N) is 2. The van der Waals surface area contributed by atoms with E-state index in [2.05, 4.69) is 97.5 Å². The Bertz CT molecular complexity index is 1070. The first kappa shape index (κ1) is 19.3. The third-order valence-corrected chi connectivity index (χ3v) is 7.22. The van der Waals surface area contributed by atoms with Gasteiger partial charge in [-0.3, -0.25) is 9.80 Å². The van der Waals surface area contributed by atoms with Gasteiger partial charge < -0.3 is 5.11 Å². The molecule has 5 rings (SSSR count). The molecule has 1 N–H and O–H groups in total. The molecule has 0 spiro atoms. The lowest BCUT2D eigenvalue weighted by atomic mass is 9.79. The SMILES string of the molecule is CC1c2ccccc2-c2ccccc2CC1c1cccc(C2N(C)CCN2C)c1O. The van der Waals surface area contributed by atoms with Crippen LogP contribution < -0.4 is 0 Å². The molecule has 2 unspecified atom stereocenters. The number of hydrogen-bond acceptors (Lipinski definition) is 3. The second kappa shape index (κ2) is 7.57. The number of para-hydroxylation sites is 1. The standard InChI is InChI=1S/C27H30N2O/c1-18-20-10-6-7-12-22(20)21-11-5-4-9-19(21)17-25(18)23-13-8-14-24(26(23)30)27-28(2)15-16-29(27)3/h4-14,18,25,27,30H,15-17H2,1-3H3. The highest BCUT2D eigenvalue weighted by molar-refractivity contribution is 5.73. The summed E-state index contributed by atoms with van der Waals surface area (Å²) >= 11 is 0. The van der Waals surface area contributed by atoms with Gasteiger partial charge in [0.25, 0.3) is 0 Å². The first-order chi connectivity index (χ1) is 14.6. The van der Waals surface area contributed by atoms with Crippen LogP contribution in [0.2, 0.25) is 0 Å². The molecule has 3 nitrogen and oxygen atoms in total. The quantitative estimate of drug-likeness (QED) is 0.628. The van der Waals surface area contributed by atoms with Gasteiger partial charge in [0.15, 0.2) is 0 Å². The summed E-state index contributed by atoms with van der Waals surface area (Å²) in [5, 5.41) is 11.5. The first-order valence-electron chi connectivity index (χ1n) is 11.0. The maximum absolute atomic E-state index is 11.5. The fraction of sp³-hybridized carbons (Fsp3) is 0.333. The number of aromatic hydroxyl groups is 1. The summed E-state index contributed by atoms with van der Waals surface area (Å²) in [6, 6.07) is 23.9. The minimum Gasteiger partial charge on any atom is -0.507 e. The number of fused-ring (bicyclic) bond motifs is 3. The van der Waals surface area contributed by atoms with Crippen molar-refractivity contribution in [2.45, 2.75) is 31.3 Å². The van der Waals surface area contributed by atoms with Gasteiger partial charge in [-0.15, -0.1) is 0 Å². The van der Waals surface area contributed by atoms with Crippen LogP contribution in [0.15, 0.2) is 66.7 Å². The third-order valence-electron chi connectivity index (χ3n) is 7.22. The van der Waals surface area contributed by atoms with Crippen LogP contribution in [0.4, 0.5) is 0 Å². The van der Waals surface area contributed by atoms with E-state index in [1.807, 2.05) is 0 Å². The number of phenols is 1. The Morgan fingerprint density at radius 3 is 2.10 bits per heavy atom. The van der Waals surface area contributed by atoms with Gasteiger partial charge in [-0.25, -0.2) is 0 Å². The largest absolute Gasteiger partial charge is 0.507 e. The topological polar surface area (TPSA) is 26.7 Å². The summed E-state index contributed by atoms with van der Waals surface area (Å²) in [7, 11) is 4.28. The van der Waals surface area contributed by atoms with E-state index in [-0.39, 0.29) is 12.1 Å². The summed E-state index contributed by atoms with van der Waals surface area (Å²) in [5.41, 5.74) is 7.47. The number of benzene rings is 3. The van der Waals surface area contributed by atoms with Crippen LogP contribution in [-0.4, -0.2) is 42.1 Å². The maximum Gasteiger partial charge on any atom is 0.125 e. The van der Waals surface area contributed by atoms with Crippen LogP contribution in [0.5, 0.6) is 5.75 Å². The lowest BCUT2D eigenvalue weighted by molar-refractivity contribution is 0.186. The zero-order chi connectivity index (χ0) is 20.8. The van der Waals surface area contributed by atoms with Crippen molar-refractivity contribution in [3.05, 3.63) is 89.0 Å². The molecule has 0 radical (unpaired) electrons. The van der Waals surface area contributed by atoms with Gasteiger partial charge in [0.05, 0.1) is 6.17 Å². The van der Waals surface area contributed by atoms with Gasteiger partial charge in [0, 0.05) is 18.7 Å². The van der Waals surface area contributed by atoms with Crippen LogP contribution >= 0.6 is 0 Å². The number of likely N-dealkylation sites (N-methyl/N-ethyl adjacent to an activating group) is 2. The van der Waals surface area contributed by atoms with Gasteiger partial charge in [-0.05, 0) is 60.2 Å². The van der Waals surface area contributed by atoms with Crippen LogP contribution in [0.1, 0.15) is 47.2 Å². The number of hydrogen-bond donors (Lipinski definition) is 1. The molecule has 2 aliphatic rings. The lowest BCUT2D eigenvalue weighted by Gasteiger charge is -2.29. The van der Waals surface area contributed by atoms with Crippen molar-refractivity contribution in [3.8, 4) is 16.9 Å². The predicted molar refractivity (Wildman–Crippen MR) is 123 cm³/mol. The summed E-state index contributed by atoms with van der Waals surface area (Å²) in [6.07, 6.45) is 1.06. The summed E-state index contributed by atoms with van der Waals surface area (Å²) in [4.78, 5) is 4.64. The van der Waals surface area contributed by atoms with Crippen LogP contribution in [0, 0.1) is 0 Å². The molecule has 0 saturated carbocycles. The fourth-order valence-corrected chi connectivity index (χ4v) is 5.57. The molecule has 1 aliphatic heterocycles. The molecule has 0 aromatic heterocycles. The number of rotatable bonds is 2. The molecule has 3 aromatic rings. The second-order valence-electron chi connectivity index (χ2n) is 8.96. The molecule has 3 aromatic carbocycles. The summed E-state index contributed by atoms with van der Waals surface area (Å²) in [6.45, 7) is 4.35. The molecule has 30 heavy (non-hydrogen) atoms. The molecular weight excluding hydrogens is 368 g/mol. The van der Waals surface area contributed by atoms with Gasteiger partial charge in [-0.2, -0.15) is 0 Å². The van der Waals surface area contributed by atoms with Crippen molar-refractivity contribution in [2.75, 3.05) is 27.2 Å². The average molecular weight is 399 g/mol. The predicted octanol–water partition coefficient (Wildman–Crippen LogP) is 5.38. The van der Waals surface area contributed by atoms with Crippen molar-refractivity contribution in [3.63, 3.8) is 0 Å². The van der Waals surface area contributed by atoms with Crippen LogP contribution in [0.3, 0.4) is 0 Å². The highest BCUT2D eigenvalue weighted by Crippen LogP contribution is 2.48. The monoisotopic (exact) mass is 398 g/mol. The zero-order valence-electron chi connectivity index (χ0n) is 18.0. The van der Waals surface area contributed by atoms with E-state index in [0.717, 1.165) is 30.6 Å². The Morgan fingerprint density at radius 2 is 1.33 bits per heavy atom. The molecule has 154 valence electrons. The molecule has 0 amide bonds. The van der Waals surface area contributed by atoms with E-state index >= 15 is 0 Å². The molecular formula is C27H30N2O. The molecule has 1 saturated heterocycles. The highest BCUT2D eigenvalue weighted by Gasteiger charge is 2.34. The third kappa shape index (κ3) is 3.05. The molecule has 1 fully saturated rings. The first-order valence-corrected chi connectivity index (χ1v) is 11.0. The summed E-state index contributed by atoms with van der Waals surface area (Å²) < 4.78 is 0. The molecule has 2 atom stereocenters. The highest BCUT2D eigenvalue weighted by atomic mass is 16.3. The second-order valence-corrected chi connectivity index (χ2v) is 8.96. The molecule has 3 heteroatoms. The Labute approximate surface area is 179 Å². The zero-order valence-corrected chi connectivity index (χ0v) is 18.0. The van der Waals surface area contributed by atoms with Crippen LogP contribution in [-0.2, 0) is 6.42 Å². The van der Waals surface area contributed by atoms with Crippen molar-refractivity contribution in [1.82, 2.24) is 9.80 Å². The van der Waals surface area contributed by atoms with Gasteiger partial charge in [0.2, 0.25) is 0 Å². The van der Waals surface area contributed by atoms with E-state index in [4.69, 9.17) is 0 Å². The van der Waals surface area contributed by atoms with E-state index in [0.29, 0.717) is 11.7 Å². The fourth-order valence-electron chi connectivity index (χ4n) is 5.57. The van der Waals surface area contributed by atoms with Crippen molar-refractivity contribution < 1.29 is 5.11 Å². The lowest BCUT2D eigenvalue weighted by Crippen LogP contribution is -2.26. The average Bonchev–Trinajstić information content (AvgIpc) is 3.03. The van der Waals surface area contributed by atoms with Crippen molar-refractivity contribution >= 4 is 0 Å². The smallest absolute Gasteiger partial charge is 0.125 e. The van der Waals surface area contributed by atoms with Gasteiger partial charge >= 0.3 is 0 Å². The van der Waals surface area contributed by atoms with E-state index in [1.54, 1.807) is 0 Å².